The normalized spacial score (nSPS) is 10.5. The first-order valence-corrected chi connectivity index (χ1v) is 8.63. The molecule has 0 saturated carbocycles. The monoisotopic (exact) mass is 369 g/mol. The van der Waals surface area contributed by atoms with E-state index in [4.69, 9.17) is 10.00 Å². The third-order valence-electron chi connectivity index (χ3n) is 4.16. The smallest absolute Gasteiger partial charge is 0.158 e. The maximum Gasteiger partial charge on any atom is 0.158 e. The number of pyridine rings is 2. The number of hydrogen-bond acceptors (Lipinski definition) is 6. The van der Waals surface area contributed by atoms with Gasteiger partial charge in [-0.05, 0) is 42.5 Å². The zero-order valence-corrected chi connectivity index (χ0v) is 14.8. The molecule has 0 aliphatic rings. The highest BCUT2D eigenvalue weighted by molar-refractivity contribution is 5.64. The summed E-state index contributed by atoms with van der Waals surface area (Å²) >= 11 is 0. The predicted molar refractivity (Wildman–Crippen MR) is 101 cm³/mol. The lowest BCUT2D eigenvalue weighted by Crippen LogP contribution is -1.97. The van der Waals surface area contributed by atoms with Crippen LogP contribution in [0.3, 0.4) is 0 Å². The molecule has 0 radical (unpaired) electrons. The number of ether oxygens (including phenoxy) is 1. The van der Waals surface area contributed by atoms with Crippen molar-refractivity contribution in [2.75, 3.05) is 0 Å². The van der Waals surface area contributed by atoms with Gasteiger partial charge in [0.1, 0.15) is 30.4 Å². The summed E-state index contributed by atoms with van der Waals surface area (Å²) in [5.74, 6) is 1.22. The van der Waals surface area contributed by atoms with Gasteiger partial charge in [0.15, 0.2) is 11.5 Å². The minimum absolute atomic E-state index is 0.193. The quantitative estimate of drug-likeness (QED) is 0.485. The van der Waals surface area contributed by atoms with E-state index in [9.17, 15) is 4.79 Å². The minimum atomic E-state index is 0.193. The van der Waals surface area contributed by atoms with E-state index in [0.29, 0.717) is 23.8 Å². The van der Waals surface area contributed by atoms with Crippen LogP contribution in [0.15, 0.2) is 60.8 Å². The molecule has 0 spiro atoms. The second-order valence-corrected chi connectivity index (χ2v) is 6.06. The number of hydrogen-bond donors (Lipinski definition) is 0. The fourth-order valence-corrected chi connectivity index (χ4v) is 2.79. The van der Waals surface area contributed by atoms with Crippen LogP contribution in [0, 0.1) is 11.3 Å². The molecule has 0 aliphatic heterocycles. The Morgan fingerprint density at radius 2 is 1.96 bits per heavy atom. The topological polar surface area (TPSA) is 93.2 Å². The van der Waals surface area contributed by atoms with Gasteiger partial charge in [0.25, 0.3) is 0 Å². The van der Waals surface area contributed by atoms with Crippen LogP contribution in [0.25, 0.3) is 16.9 Å². The Bertz CT molecular complexity index is 1160. The Hall–Kier alpha value is -4.05. The molecular weight excluding hydrogens is 354 g/mol. The van der Waals surface area contributed by atoms with Crippen molar-refractivity contribution in [3.63, 3.8) is 0 Å². The summed E-state index contributed by atoms with van der Waals surface area (Å²) in [7, 11) is 0. The first kappa shape index (κ1) is 17.4. The molecule has 28 heavy (non-hydrogen) atoms. The molecule has 0 bridgehead atoms. The fraction of sp³-hybridized carbons (Fsp3) is 0.0952. The summed E-state index contributed by atoms with van der Waals surface area (Å²) in [4.78, 5) is 19.1. The highest BCUT2D eigenvalue weighted by Gasteiger charge is 2.09. The van der Waals surface area contributed by atoms with E-state index in [1.54, 1.807) is 16.8 Å². The average Bonchev–Trinajstić information content (AvgIpc) is 3.16. The van der Waals surface area contributed by atoms with E-state index in [1.807, 2.05) is 54.6 Å². The van der Waals surface area contributed by atoms with Crippen LogP contribution in [-0.2, 0) is 17.8 Å². The number of aldehydes is 1. The lowest BCUT2D eigenvalue weighted by atomic mass is 10.1. The summed E-state index contributed by atoms with van der Waals surface area (Å²) in [5, 5.41) is 13.2. The standard InChI is InChI=1S/C21H15N5O2/c22-12-17-7-4-15(13-23-17)14-28-18-8-5-16(6-9-18)19-2-1-3-21-24-20(10-11-27)25-26(19)21/h1-9,11,13H,10,14H2. The van der Waals surface area contributed by atoms with E-state index in [0.717, 1.165) is 28.9 Å². The zero-order chi connectivity index (χ0) is 19.3. The molecule has 0 atom stereocenters. The van der Waals surface area contributed by atoms with Gasteiger partial charge in [-0.3, -0.25) is 0 Å². The van der Waals surface area contributed by atoms with Gasteiger partial charge in [-0.2, -0.15) is 10.4 Å². The highest BCUT2D eigenvalue weighted by Crippen LogP contribution is 2.23. The molecule has 0 N–H and O–H groups in total. The third-order valence-corrected chi connectivity index (χ3v) is 4.16. The van der Waals surface area contributed by atoms with E-state index in [2.05, 4.69) is 15.1 Å². The molecular formula is C21H15N5O2. The SMILES string of the molecule is N#Cc1ccc(COc2ccc(-c3cccc4nc(CC=O)nn34)cc2)cn1. The van der Waals surface area contributed by atoms with E-state index in [-0.39, 0.29) is 6.42 Å². The summed E-state index contributed by atoms with van der Waals surface area (Å²) in [6.45, 7) is 0.367. The second kappa shape index (κ2) is 7.68. The molecule has 4 rings (SSSR count). The Labute approximate surface area is 160 Å². The van der Waals surface area contributed by atoms with Crippen LogP contribution >= 0.6 is 0 Å². The lowest BCUT2D eigenvalue weighted by molar-refractivity contribution is -0.107. The van der Waals surface area contributed by atoms with Crippen LogP contribution in [0.4, 0.5) is 0 Å². The number of nitriles is 1. The van der Waals surface area contributed by atoms with Crippen LogP contribution < -0.4 is 4.74 Å². The molecule has 3 aromatic heterocycles. The van der Waals surface area contributed by atoms with Crippen LogP contribution in [0.2, 0.25) is 0 Å². The Morgan fingerprint density at radius 1 is 1.11 bits per heavy atom. The molecule has 4 aromatic rings. The van der Waals surface area contributed by atoms with Crippen molar-refractivity contribution in [3.8, 4) is 23.1 Å². The number of nitrogens with zero attached hydrogens (tertiary/aromatic N) is 5. The largest absolute Gasteiger partial charge is 0.489 e. The summed E-state index contributed by atoms with van der Waals surface area (Å²) in [6, 6.07) is 18.9. The Balaban J connectivity index is 1.52. The van der Waals surface area contributed by atoms with Crippen molar-refractivity contribution in [2.24, 2.45) is 0 Å². The summed E-state index contributed by atoms with van der Waals surface area (Å²) < 4.78 is 7.52. The lowest BCUT2D eigenvalue weighted by Gasteiger charge is -2.08. The highest BCUT2D eigenvalue weighted by atomic mass is 16.5. The summed E-state index contributed by atoms with van der Waals surface area (Å²) in [6.07, 6.45) is 2.62. The van der Waals surface area contributed by atoms with Crippen molar-refractivity contribution in [1.29, 1.82) is 5.26 Å². The molecule has 3 heterocycles. The van der Waals surface area contributed by atoms with Gasteiger partial charge in [0, 0.05) is 17.3 Å². The average molecular weight is 369 g/mol. The number of carbonyl (C=O) groups excluding carboxylic acids is 1. The first-order valence-electron chi connectivity index (χ1n) is 8.63. The van der Waals surface area contributed by atoms with Crippen molar-refractivity contribution in [2.45, 2.75) is 13.0 Å². The molecule has 0 amide bonds. The van der Waals surface area contributed by atoms with E-state index < -0.39 is 0 Å². The van der Waals surface area contributed by atoms with Gasteiger partial charge in [0.2, 0.25) is 0 Å². The van der Waals surface area contributed by atoms with E-state index >= 15 is 0 Å². The maximum atomic E-state index is 10.7. The molecule has 0 unspecified atom stereocenters. The molecule has 7 nitrogen and oxygen atoms in total. The number of fused-ring (bicyclic) bond motifs is 1. The van der Waals surface area contributed by atoms with Crippen LogP contribution in [-0.4, -0.2) is 25.9 Å². The van der Waals surface area contributed by atoms with Gasteiger partial charge in [-0.15, -0.1) is 0 Å². The molecule has 0 saturated heterocycles. The first-order chi connectivity index (χ1) is 13.8. The van der Waals surface area contributed by atoms with Gasteiger partial charge < -0.3 is 9.53 Å². The third kappa shape index (κ3) is 3.57. The molecule has 0 fully saturated rings. The van der Waals surface area contributed by atoms with Gasteiger partial charge >= 0.3 is 0 Å². The molecule has 0 aliphatic carbocycles. The van der Waals surface area contributed by atoms with Gasteiger partial charge in [-0.1, -0.05) is 12.1 Å². The van der Waals surface area contributed by atoms with Crippen molar-refractivity contribution in [1.82, 2.24) is 19.6 Å². The summed E-state index contributed by atoms with van der Waals surface area (Å²) in [5.41, 5.74) is 3.80. The van der Waals surface area contributed by atoms with Crippen LogP contribution in [0.1, 0.15) is 17.1 Å². The molecule has 1 aromatic carbocycles. The van der Waals surface area contributed by atoms with Crippen molar-refractivity contribution < 1.29 is 9.53 Å². The Kier molecular flexibility index (Phi) is 4.76. The van der Waals surface area contributed by atoms with E-state index in [1.165, 1.54) is 0 Å². The fourth-order valence-electron chi connectivity index (χ4n) is 2.79. The van der Waals surface area contributed by atoms with Crippen molar-refractivity contribution in [3.05, 3.63) is 77.9 Å². The Morgan fingerprint density at radius 3 is 2.68 bits per heavy atom. The minimum Gasteiger partial charge on any atom is -0.489 e. The zero-order valence-electron chi connectivity index (χ0n) is 14.8. The molecule has 136 valence electrons. The predicted octanol–water partition coefficient (Wildman–Crippen LogP) is 2.98. The van der Waals surface area contributed by atoms with Gasteiger partial charge in [-0.25, -0.2) is 14.5 Å². The number of benzene rings is 1. The molecule has 7 heteroatoms. The van der Waals surface area contributed by atoms with Crippen LogP contribution in [0.5, 0.6) is 5.75 Å². The van der Waals surface area contributed by atoms with Gasteiger partial charge in [0.05, 0.1) is 12.1 Å². The van der Waals surface area contributed by atoms with Crippen molar-refractivity contribution >= 4 is 11.9 Å². The number of rotatable bonds is 6. The maximum absolute atomic E-state index is 10.7. The number of aromatic nitrogens is 4. The second-order valence-electron chi connectivity index (χ2n) is 6.06. The number of carbonyl (C=O) groups is 1.